The van der Waals surface area contributed by atoms with E-state index in [9.17, 15) is 8.42 Å². The predicted octanol–water partition coefficient (Wildman–Crippen LogP) is 2.29. The molecular formula is C11H16ClNO3S2. The van der Waals surface area contributed by atoms with Crippen LogP contribution in [0.2, 0.25) is 0 Å². The summed E-state index contributed by atoms with van der Waals surface area (Å²) in [4.78, 5) is 1.07. The van der Waals surface area contributed by atoms with E-state index in [0.29, 0.717) is 22.9 Å². The SMILES string of the molecule is COC1CCN(S(=O)(=O)c2ccsc2CCl)CC1. The molecule has 1 saturated heterocycles. The fraction of sp³-hybridized carbons (Fsp3) is 0.636. The van der Waals surface area contributed by atoms with Crippen LogP contribution in [0.1, 0.15) is 17.7 Å². The summed E-state index contributed by atoms with van der Waals surface area (Å²) < 4.78 is 31.7. The molecule has 1 aromatic rings. The molecule has 0 atom stereocenters. The third-order valence-corrected chi connectivity index (χ3v) is 6.64. The molecule has 1 aromatic heterocycles. The van der Waals surface area contributed by atoms with Crippen LogP contribution >= 0.6 is 22.9 Å². The molecule has 0 radical (unpaired) electrons. The third kappa shape index (κ3) is 2.72. The van der Waals surface area contributed by atoms with E-state index in [2.05, 4.69) is 0 Å². The van der Waals surface area contributed by atoms with Gasteiger partial charge in [-0.2, -0.15) is 4.31 Å². The molecule has 7 heteroatoms. The molecular weight excluding hydrogens is 294 g/mol. The number of ether oxygens (including phenoxy) is 1. The van der Waals surface area contributed by atoms with Gasteiger partial charge in [0.2, 0.25) is 10.0 Å². The van der Waals surface area contributed by atoms with Crippen molar-refractivity contribution in [2.24, 2.45) is 0 Å². The van der Waals surface area contributed by atoms with Crippen LogP contribution in [0.25, 0.3) is 0 Å². The molecule has 0 spiro atoms. The summed E-state index contributed by atoms with van der Waals surface area (Å²) in [5.74, 6) is 0.237. The first-order valence-corrected chi connectivity index (χ1v) is 8.60. The van der Waals surface area contributed by atoms with Gasteiger partial charge in [-0.15, -0.1) is 22.9 Å². The fourth-order valence-electron chi connectivity index (χ4n) is 2.10. The third-order valence-electron chi connectivity index (χ3n) is 3.18. The van der Waals surface area contributed by atoms with Crippen LogP contribution in [0, 0.1) is 0 Å². The lowest BCUT2D eigenvalue weighted by Crippen LogP contribution is -2.40. The second-order valence-electron chi connectivity index (χ2n) is 4.18. The first-order valence-electron chi connectivity index (χ1n) is 5.75. The summed E-state index contributed by atoms with van der Waals surface area (Å²) in [5, 5.41) is 1.77. The average molecular weight is 310 g/mol. The van der Waals surface area contributed by atoms with E-state index in [-0.39, 0.29) is 12.0 Å². The second kappa shape index (κ2) is 5.88. The zero-order valence-electron chi connectivity index (χ0n) is 10.1. The zero-order valence-corrected chi connectivity index (χ0v) is 12.5. The highest BCUT2D eigenvalue weighted by Gasteiger charge is 2.31. The molecule has 1 fully saturated rings. The number of halogens is 1. The zero-order chi connectivity index (χ0) is 13.2. The van der Waals surface area contributed by atoms with Crippen LogP contribution in [-0.4, -0.2) is 39.0 Å². The lowest BCUT2D eigenvalue weighted by Gasteiger charge is -2.30. The Bertz CT molecular complexity index is 492. The molecule has 4 nitrogen and oxygen atoms in total. The van der Waals surface area contributed by atoms with Crippen molar-refractivity contribution in [3.63, 3.8) is 0 Å². The topological polar surface area (TPSA) is 46.6 Å². The van der Waals surface area contributed by atoms with E-state index in [1.807, 2.05) is 0 Å². The van der Waals surface area contributed by atoms with Crippen LogP contribution in [0.3, 0.4) is 0 Å². The highest BCUT2D eigenvalue weighted by molar-refractivity contribution is 7.89. The van der Waals surface area contributed by atoms with Crippen LogP contribution in [0.5, 0.6) is 0 Å². The van der Waals surface area contributed by atoms with Gasteiger partial charge in [-0.1, -0.05) is 0 Å². The molecule has 0 amide bonds. The highest BCUT2D eigenvalue weighted by Crippen LogP contribution is 2.28. The minimum Gasteiger partial charge on any atom is -0.381 e. The first-order chi connectivity index (χ1) is 8.59. The summed E-state index contributed by atoms with van der Waals surface area (Å²) in [6.07, 6.45) is 1.66. The summed E-state index contributed by atoms with van der Waals surface area (Å²) in [6, 6.07) is 1.64. The van der Waals surface area contributed by atoms with Crippen molar-refractivity contribution in [3.05, 3.63) is 16.3 Å². The molecule has 2 rings (SSSR count). The Hall–Kier alpha value is -0.140. The molecule has 2 heterocycles. The van der Waals surface area contributed by atoms with Crippen molar-refractivity contribution in [1.82, 2.24) is 4.31 Å². The van der Waals surface area contributed by atoms with Crippen molar-refractivity contribution < 1.29 is 13.2 Å². The molecule has 0 saturated carbocycles. The summed E-state index contributed by atoms with van der Waals surface area (Å²) in [7, 11) is -1.72. The minimum atomic E-state index is -3.39. The van der Waals surface area contributed by atoms with Gasteiger partial charge in [0.15, 0.2) is 0 Å². The predicted molar refractivity (Wildman–Crippen MR) is 72.7 cm³/mol. The lowest BCUT2D eigenvalue weighted by molar-refractivity contribution is 0.0604. The van der Waals surface area contributed by atoms with E-state index in [4.69, 9.17) is 16.3 Å². The monoisotopic (exact) mass is 309 g/mol. The Kier molecular flexibility index (Phi) is 4.66. The number of rotatable bonds is 4. The van der Waals surface area contributed by atoms with Crippen molar-refractivity contribution >= 4 is 33.0 Å². The van der Waals surface area contributed by atoms with Crippen molar-refractivity contribution in [2.45, 2.75) is 29.7 Å². The Labute approximate surface area is 117 Å². The van der Waals surface area contributed by atoms with Crippen molar-refractivity contribution in [2.75, 3.05) is 20.2 Å². The average Bonchev–Trinajstić information content (AvgIpc) is 2.88. The molecule has 0 aliphatic carbocycles. The Morgan fingerprint density at radius 2 is 2.17 bits per heavy atom. The number of thiophene rings is 1. The van der Waals surface area contributed by atoms with Crippen LogP contribution in [0.15, 0.2) is 16.3 Å². The maximum absolute atomic E-state index is 12.5. The van der Waals surface area contributed by atoms with Gasteiger partial charge in [-0.3, -0.25) is 0 Å². The van der Waals surface area contributed by atoms with E-state index in [1.54, 1.807) is 18.6 Å². The van der Waals surface area contributed by atoms with Crippen LogP contribution in [0.4, 0.5) is 0 Å². The van der Waals surface area contributed by atoms with Crippen LogP contribution < -0.4 is 0 Å². The van der Waals surface area contributed by atoms with E-state index in [1.165, 1.54) is 15.6 Å². The number of alkyl halides is 1. The molecule has 0 aromatic carbocycles. The van der Waals surface area contributed by atoms with Gasteiger partial charge in [0.05, 0.1) is 16.9 Å². The quantitative estimate of drug-likeness (QED) is 0.802. The second-order valence-corrected chi connectivity index (χ2v) is 7.36. The largest absolute Gasteiger partial charge is 0.381 e. The number of hydrogen-bond acceptors (Lipinski definition) is 4. The molecule has 0 N–H and O–H groups in total. The minimum absolute atomic E-state index is 0.173. The van der Waals surface area contributed by atoms with Crippen molar-refractivity contribution in [1.29, 1.82) is 0 Å². The number of nitrogens with zero attached hydrogens (tertiary/aromatic N) is 1. The van der Waals surface area contributed by atoms with Crippen LogP contribution in [-0.2, 0) is 20.6 Å². The summed E-state index contributed by atoms with van der Waals surface area (Å²) in [6.45, 7) is 1.02. The van der Waals surface area contributed by atoms with Gasteiger partial charge in [0, 0.05) is 25.1 Å². The first kappa shape index (κ1) is 14.3. The Morgan fingerprint density at radius 3 is 2.72 bits per heavy atom. The molecule has 0 bridgehead atoms. The molecule has 1 aliphatic rings. The van der Waals surface area contributed by atoms with Gasteiger partial charge in [-0.25, -0.2) is 8.42 Å². The van der Waals surface area contributed by atoms with Gasteiger partial charge in [0.1, 0.15) is 0 Å². The standard InChI is InChI=1S/C11H16ClNO3S2/c1-16-9-2-5-13(6-3-9)18(14,15)11-4-7-17-10(11)8-12/h4,7,9H,2-3,5-6,8H2,1H3. The van der Waals surface area contributed by atoms with E-state index >= 15 is 0 Å². The number of piperidine rings is 1. The Morgan fingerprint density at radius 1 is 1.50 bits per heavy atom. The molecule has 1 aliphatic heterocycles. The summed E-state index contributed by atoms with van der Waals surface area (Å²) >= 11 is 7.15. The number of sulfonamides is 1. The number of hydrogen-bond donors (Lipinski definition) is 0. The van der Waals surface area contributed by atoms with E-state index < -0.39 is 10.0 Å². The highest BCUT2D eigenvalue weighted by atomic mass is 35.5. The maximum Gasteiger partial charge on any atom is 0.244 e. The van der Waals surface area contributed by atoms with Gasteiger partial charge in [-0.05, 0) is 24.3 Å². The summed E-state index contributed by atoms with van der Waals surface area (Å²) in [5.41, 5.74) is 0. The normalized spacial score (nSPS) is 19.2. The lowest BCUT2D eigenvalue weighted by atomic mass is 10.1. The molecule has 18 heavy (non-hydrogen) atoms. The maximum atomic E-state index is 12.5. The number of methoxy groups -OCH3 is 1. The van der Waals surface area contributed by atoms with Gasteiger partial charge >= 0.3 is 0 Å². The van der Waals surface area contributed by atoms with Gasteiger partial charge in [0.25, 0.3) is 0 Å². The Balaban J connectivity index is 2.17. The van der Waals surface area contributed by atoms with Gasteiger partial charge < -0.3 is 4.74 Å². The molecule has 102 valence electrons. The molecule has 0 unspecified atom stereocenters. The smallest absolute Gasteiger partial charge is 0.244 e. The van der Waals surface area contributed by atoms with Crippen molar-refractivity contribution in [3.8, 4) is 0 Å². The fourth-order valence-corrected chi connectivity index (χ4v) is 5.25. The van der Waals surface area contributed by atoms with E-state index in [0.717, 1.165) is 12.8 Å².